The fourth-order valence-electron chi connectivity index (χ4n) is 2.50. The van der Waals surface area contributed by atoms with Crippen molar-refractivity contribution in [2.24, 2.45) is 5.10 Å². The molecule has 0 aliphatic carbocycles. The lowest BCUT2D eigenvalue weighted by molar-refractivity contribution is -0.141. The van der Waals surface area contributed by atoms with E-state index in [1.807, 2.05) is 20.8 Å². The van der Waals surface area contributed by atoms with Crippen LogP contribution in [0, 0.1) is 0 Å². The summed E-state index contributed by atoms with van der Waals surface area (Å²) < 4.78 is 78.6. The maximum absolute atomic E-state index is 13.2. The molecule has 0 radical (unpaired) electrons. The zero-order valence-corrected chi connectivity index (χ0v) is 16.1. The molecule has 1 N–H and O–H groups in total. The monoisotopic (exact) mass is 429 g/mol. The molecule has 0 saturated heterocycles. The fraction of sp³-hybridized carbons (Fsp3) is 0.316. The standard InChI is InChI=1S/C19H17F6N5/c1-17(2,3)13-8-15-27-14(19(23,24)25)9-16(30(15)29-13)28-26-10-11-4-6-12(7-5-11)18(20,21)22/h4-10,28H,1-3H3. The molecule has 0 aliphatic heterocycles. The van der Waals surface area contributed by atoms with Crippen LogP contribution in [0.3, 0.4) is 0 Å². The molecule has 0 spiro atoms. The zero-order chi connectivity index (χ0) is 22.3. The van der Waals surface area contributed by atoms with Gasteiger partial charge in [0.1, 0.15) is 0 Å². The van der Waals surface area contributed by atoms with Crippen molar-refractivity contribution in [3.8, 4) is 0 Å². The lowest BCUT2D eigenvalue weighted by Crippen LogP contribution is -2.13. The number of nitrogens with one attached hydrogen (secondary N) is 1. The number of rotatable bonds is 3. The number of nitrogens with zero attached hydrogens (tertiary/aromatic N) is 4. The molecule has 0 amide bonds. The van der Waals surface area contributed by atoms with Crippen LogP contribution in [0.1, 0.15) is 43.3 Å². The summed E-state index contributed by atoms with van der Waals surface area (Å²) in [7, 11) is 0. The molecule has 0 fully saturated rings. The largest absolute Gasteiger partial charge is 0.433 e. The summed E-state index contributed by atoms with van der Waals surface area (Å²) >= 11 is 0. The summed E-state index contributed by atoms with van der Waals surface area (Å²) in [5.41, 5.74) is 0.950. The second-order valence-electron chi connectivity index (χ2n) is 7.56. The molecule has 160 valence electrons. The van der Waals surface area contributed by atoms with Crippen molar-refractivity contribution in [1.82, 2.24) is 14.6 Å². The second-order valence-corrected chi connectivity index (χ2v) is 7.56. The van der Waals surface area contributed by atoms with Gasteiger partial charge in [0.2, 0.25) is 0 Å². The number of hydrogen-bond donors (Lipinski definition) is 1. The molecule has 3 aromatic rings. The Morgan fingerprint density at radius 2 is 1.53 bits per heavy atom. The molecule has 11 heteroatoms. The molecular weight excluding hydrogens is 412 g/mol. The Morgan fingerprint density at radius 1 is 0.900 bits per heavy atom. The first-order valence-electron chi connectivity index (χ1n) is 8.70. The van der Waals surface area contributed by atoms with E-state index in [0.717, 1.165) is 18.2 Å². The summed E-state index contributed by atoms with van der Waals surface area (Å²) in [6.07, 6.45) is -7.95. The van der Waals surface area contributed by atoms with Gasteiger partial charge in [0.15, 0.2) is 17.2 Å². The fourth-order valence-corrected chi connectivity index (χ4v) is 2.50. The molecule has 0 bridgehead atoms. The highest BCUT2D eigenvalue weighted by atomic mass is 19.4. The highest BCUT2D eigenvalue weighted by Crippen LogP contribution is 2.31. The van der Waals surface area contributed by atoms with Gasteiger partial charge in [-0.25, -0.2) is 4.98 Å². The van der Waals surface area contributed by atoms with E-state index in [9.17, 15) is 26.3 Å². The Bertz CT molecular complexity index is 1070. The Morgan fingerprint density at radius 3 is 2.07 bits per heavy atom. The van der Waals surface area contributed by atoms with Crippen LogP contribution >= 0.6 is 0 Å². The van der Waals surface area contributed by atoms with Gasteiger partial charge in [-0.2, -0.15) is 41.1 Å². The number of aromatic nitrogens is 3. The first-order chi connectivity index (χ1) is 13.7. The molecule has 0 aliphatic rings. The number of anilines is 1. The number of hydrogen-bond acceptors (Lipinski definition) is 4. The van der Waals surface area contributed by atoms with E-state index < -0.39 is 29.0 Å². The van der Waals surface area contributed by atoms with Crippen molar-refractivity contribution in [2.75, 3.05) is 5.43 Å². The normalized spacial score (nSPS) is 13.4. The molecular formula is C19H17F6N5. The van der Waals surface area contributed by atoms with Gasteiger partial charge in [0.05, 0.1) is 17.5 Å². The minimum Gasteiger partial charge on any atom is -0.261 e. The lowest BCUT2D eigenvalue weighted by atomic mass is 9.93. The summed E-state index contributed by atoms with van der Waals surface area (Å²) in [6.45, 7) is 5.57. The van der Waals surface area contributed by atoms with Crippen molar-refractivity contribution in [2.45, 2.75) is 38.5 Å². The van der Waals surface area contributed by atoms with Crippen LogP contribution in [-0.2, 0) is 17.8 Å². The molecule has 0 atom stereocenters. The summed E-state index contributed by atoms with van der Waals surface area (Å²) in [5, 5.41) is 8.13. The molecule has 2 aromatic heterocycles. The van der Waals surface area contributed by atoms with E-state index in [1.165, 1.54) is 28.9 Å². The van der Waals surface area contributed by atoms with Crippen LogP contribution in [-0.4, -0.2) is 20.8 Å². The summed E-state index contributed by atoms with van der Waals surface area (Å²) in [6, 6.07) is 6.38. The Balaban J connectivity index is 1.94. The van der Waals surface area contributed by atoms with Crippen LogP contribution in [0.2, 0.25) is 0 Å². The van der Waals surface area contributed by atoms with Crippen molar-refractivity contribution in [3.05, 3.63) is 58.9 Å². The SMILES string of the molecule is CC(C)(C)c1cc2nc(C(F)(F)F)cc(NN=Cc3ccc(C(F)(F)F)cc3)n2n1. The molecule has 5 nitrogen and oxygen atoms in total. The Labute approximate surface area is 167 Å². The number of fused-ring (bicyclic) bond motifs is 1. The van der Waals surface area contributed by atoms with Gasteiger partial charge in [-0.1, -0.05) is 32.9 Å². The van der Waals surface area contributed by atoms with E-state index in [1.54, 1.807) is 0 Å². The predicted octanol–water partition coefficient (Wildman–Crippen LogP) is 5.51. The topological polar surface area (TPSA) is 54.6 Å². The molecule has 2 heterocycles. The highest BCUT2D eigenvalue weighted by molar-refractivity contribution is 5.80. The number of alkyl halides is 6. The van der Waals surface area contributed by atoms with Crippen LogP contribution in [0.25, 0.3) is 5.65 Å². The molecule has 1 aromatic carbocycles. The lowest BCUT2D eigenvalue weighted by Gasteiger charge is -2.13. The van der Waals surface area contributed by atoms with Crippen LogP contribution in [0.5, 0.6) is 0 Å². The van der Waals surface area contributed by atoms with Crippen LogP contribution < -0.4 is 5.43 Å². The van der Waals surface area contributed by atoms with E-state index in [2.05, 4.69) is 20.6 Å². The Hall–Kier alpha value is -3.11. The molecule has 0 unspecified atom stereocenters. The van der Waals surface area contributed by atoms with Crippen molar-refractivity contribution in [3.63, 3.8) is 0 Å². The Kier molecular flexibility index (Phi) is 5.25. The van der Waals surface area contributed by atoms with E-state index in [-0.39, 0.29) is 11.5 Å². The molecule has 30 heavy (non-hydrogen) atoms. The quantitative estimate of drug-likeness (QED) is 0.339. The van der Waals surface area contributed by atoms with Gasteiger partial charge in [0.25, 0.3) is 0 Å². The van der Waals surface area contributed by atoms with Crippen molar-refractivity contribution in [1.29, 1.82) is 0 Å². The summed E-state index contributed by atoms with van der Waals surface area (Å²) in [5.74, 6) is -0.0917. The molecule has 3 rings (SSSR count). The van der Waals surface area contributed by atoms with E-state index in [4.69, 9.17) is 0 Å². The highest BCUT2D eigenvalue weighted by Gasteiger charge is 2.34. The average molecular weight is 429 g/mol. The minimum atomic E-state index is -4.68. The van der Waals surface area contributed by atoms with Crippen molar-refractivity contribution < 1.29 is 26.3 Å². The van der Waals surface area contributed by atoms with Gasteiger partial charge in [-0.3, -0.25) is 5.43 Å². The first-order valence-corrected chi connectivity index (χ1v) is 8.70. The van der Waals surface area contributed by atoms with Crippen LogP contribution in [0.15, 0.2) is 41.5 Å². The zero-order valence-electron chi connectivity index (χ0n) is 16.1. The van der Waals surface area contributed by atoms with Crippen LogP contribution in [0.4, 0.5) is 32.2 Å². The van der Waals surface area contributed by atoms with Gasteiger partial charge in [-0.15, -0.1) is 0 Å². The average Bonchev–Trinajstić information content (AvgIpc) is 3.05. The third-order valence-corrected chi connectivity index (χ3v) is 4.12. The third-order valence-electron chi connectivity index (χ3n) is 4.12. The maximum Gasteiger partial charge on any atom is 0.433 e. The van der Waals surface area contributed by atoms with Crippen molar-refractivity contribution >= 4 is 17.7 Å². The first kappa shape index (κ1) is 21.6. The smallest absolute Gasteiger partial charge is 0.261 e. The third kappa shape index (κ3) is 4.71. The van der Waals surface area contributed by atoms with E-state index >= 15 is 0 Å². The van der Waals surface area contributed by atoms with Gasteiger partial charge < -0.3 is 0 Å². The van der Waals surface area contributed by atoms with Gasteiger partial charge in [-0.05, 0) is 17.7 Å². The number of halogens is 6. The predicted molar refractivity (Wildman–Crippen MR) is 99.3 cm³/mol. The number of benzene rings is 1. The second kappa shape index (κ2) is 7.29. The number of hydrazone groups is 1. The van der Waals surface area contributed by atoms with Gasteiger partial charge >= 0.3 is 12.4 Å². The van der Waals surface area contributed by atoms with E-state index in [0.29, 0.717) is 11.3 Å². The van der Waals surface area contributed by atoms with Gasteiger partial charge in [0, 0.05) is 17.5 Å². The minimum absolute atomic E-state index is 0.0121. The maximum atomic E-state index is 13.2. The molecule has 0 saturated carbocycles. The summed E-state index contributed by atoms with van der Waals surface area (Å²) in [4.78, 5) is 3.62.